The van der Waals surface area contributed by atoms with Crippen molar-refractivity contribution in [2.45, 2.75) is 135 Å². The number of halogens is 2. The minimum Gasteiger partial charge on any atom is -0.174 e. The van der Waals surface area contributed by atoms with Crippen LogP contribution in [0.15, 0.2) is 12.2 Å². The van der Waals surface area contributed by atoms with Gasteiger partial charge in [0.25, 0.3) is 6.08 Å². The van der Waals surface area contributed by atoms with Crippen molar-refractivity contribution < 1.29 is 8.78 Å². The van der Waals surface area contributed by atoms with Gasteiger partial charge in [0.15, 0.2) is 0 Å². The summed E-state index contributed by atoms with van der Waals surface area (Å²) in [4.78, 5) is 0. The lowest BCUT2D eigenvalue weighted by atomic mass is 9.68. The molecule has 2 fully saturated rings. The van der Waals surface area contributed by atoms with Crippen LogP contribution >= 0.6 is 0 Å². The van der Waals surface area contributed by atoms with E-state index in [1.165, 1.54) is 122 Å². The molecule has 0 radical (unpaired) electrons. The summed E-state index contributed by atoms with van der Waals surface area (Å²) in [5.74, 6) is 3.34. The van der Waals surface area contributed by atoms with E-state index in [1.807, 2.05) is 0 Å². The molecule has 2 aliphatic carbocycles. The van der Waals surface area contributed by atoms with E-state index >= 15 is 0 Å². The summed E-state index contributed by atoms with van der Waals surface area (Å²) in [6, 6.07) is 0. The molecule has 0 amide bonds. The molecule has 0 saturated heterocycles. The van der Waals surface area contributed by atoms with Crippen molar-refractivity contribution in [1.29, 1.82) is 0 Å². The van der Waals surface area contributed by atoms with Crippen LogP contribution in [0.25, 0.3) is 0 Å². The summed E-state index contributed by atoms with van der Waals surface area (Å²) >= 11 is 0. The second-order valence-electron chi connectivity index (χ2n) is 10.3. The van der Waals surface area contributed by atoms with E-state index in [0.717, 1.165) is 23.8 Å². The fourth-order valence-electron chi connectivity index (χ4n) is 6.02. The lowest BCUT2D eigenvalue weighted by molar-refractivity contribution is 0.143. The molecule has 0 unspecified atom stereocenters. The Balaban J connectivity index is 1.44. The topological polar surface area (TPSA) is 0 Å². The normalized spacial score (nSPS) is 27.7. The molecule has 0 spiro atoms. The number of hydrogen-bond acceptors (Lipinski definition) is 0. The van der Waals surface area contributed by atoms with Crippen molar-refractivity contribution in [3.8, 4) is 0 Å². The van der Waals surface area contributed by atoms with E-state index in [0.29, 0.717) is 12.3 Å². The average Bonchev–Trinajstić information content (AvgIpc) is 2.74. The second kappa shape index (κ2) is 15.4. The molecule has 2 heteroatoms. The Kier molecular flexibility index (Phi) is 13.2. The number of rotatable bonds is 14. The van der Waals surface area contributed by atoms with E-state index in [2.05, 4.69) is 6.92 Å². The highest BCUT2D eigenvalue weighted by Gasteiger charge is 2.30. The molecule has 0 nitrogen and oxygen atoms in total. The minimum atomic E-state index is -1.49. The highest BCUT2D eigenvalue weighted by molar-refractivity contribution is 4.87. The van der Waals surface area contributed by atoms with Crippen LogP contribution in [0, 0.1) is 23.7 Å². The van der Waals surface area contributed by atoms with Crippen molar-refractivity contribution >= 4 is 0 Å². The first kappa shape index (κ1) is 24.9. The number of allylic oxidation sites excluding steroid dienone is 1. The van der Waals surface area contributed by atoms with Gasteiger partial charge >= 0.3 is 0 Å². The fourth-order valence-corrected chi connectivity index (χ4v) is 6.02. The van der Waals surface area contributed by atoms with E-state index in [9.17, 15) is 8.78 Å². The molecule has 0 atom stereocenters. The Morgan fingerprint density at radius 1 is 0.621 bits per heavy atom. The molecular weight excluding hydrogens is 362 g/mol. The van der Waals surface area contributed by atoms with E-state index in [-0.39, 0.29) is 0 Å². The minimum absolute atomic E-state index is 0.514. The molecule has 29 heavy (non-hydrogen) atoms. The Bertz CT molecular complexity index is 410. The summed E-state index contributed by atoms with van der Waals surface area (Å²) < 4.78 is 24.5. The van der Waals surface area contributed by atoms with Crippen molar-refractivity contribution in [3.05, 3.63) is 12.2 Å². The van der Waals surface area contributed by atoms with Gasteiger partial charge in [-0.2, -0.15) is 8.78 Å². The second-order valence-corrected chi connectivity index (χ2v) is 10.3. The van der Waals surface area contributed by atoms with Gasteiger partial charge in [-0.05, 0) is 74.7 Å². The van der Waals surface area contributed by atoms with Gasteiger partial charge in [0.05, 0.1) is 0 Å². The van der Waals surface area contributed by atoms with Gasteiger partial charge in [-0.1, -0.05) is 90.4 Å². The average molecular weight is 411 g/mol. The zero-order valence-electron chi connectivity index (χ0n) is 19.3. The maximum absolute atomic E-state index is 12.3. The van der Waals surface area contributed by atoms with Crippen LogP contribution in [0.3, 0.4) is 0 Å². The van der Waals surface area contributed by atoms with Crippen LogP contribution in [0.2, 0.25) is 0 Å². The van der Waals surface area contributed by atoms with Crippen LogP contribution in [0.1, 0.15) is 135 Å². The van der Waals surface area contributed by atoms with Gasteiger partial charge in [0.2, 0.25) is 0 Å². The van der Waals surface area contributed by atoms with Crippen molar-refractivity contribution in [3.63, 3.8) is 0 Å². The molecular formula is C27H48F2. The maximum atomic E-state index is 12.3. The molecule has 0 heterocycles. The van der Waals surface area contributed by atoms with Crippen LogP contribution < -0.4 is 0 Å². The maximum Gasteiger partial charge on any atom is 0.266 e. The molecule has 0 N–H and O–H groups in total. The summed E-state index contributed by atoms with van der Waals surface area (Å²) in [7, 11) is 0. The van der Waals surface area contributed by atoms with E-state index < -0.39 is 6.08 Å². The van der Waals surface area contributed by atoms with Gasteiger partial charge < -0.3 is 0 Å². The molecule has 170 valence electrons. The zero-order chi connectivity index (χ0) is 20.7. The molecule has 2 saturated carbocycles. The van der Waals surface area contributed by atoms with Crippen LogP contribution in [-0.2, 0) is 0 Å². The molecule has 0 aromatic rings. The lowest BCUT2D eigenvalue weighted by Crippen LogP contribution is -2.25. The number of unbranched alkanes of at least 4 members (excludes halogenated alkanes) is 9. The largest absolute Gasteiger partial charge is 0.266 e. The Morgan fingerprint density at radius 3 is 1.55 bits per heavy atom. The van der Waals surface area contributed by atoms with E-state index in [1.54, 1.807) is 0 Å². The third-order valence-electron chi connectivity index (χ3n) is 8.02. The first-order valence-corrected chi connectivity index (χ1v) is 13.2. The van der Waals surface area contributed by atoms with Gasteiger partial charge in [-0.15, -0.1) is 0 Å². The van der Waals surface area contributed by atoms with E-state index in [4.69, 9.17) is 0 Å². The van der Waals surface area contributed by atoms with Crippen LogP contribution in [0.5, 0.6) is 0 Å². The molecule has 0 bridgehead atoms. The Morgan fingerprint density at radius 2 is 1.07 bits per heavy atom. The predicted molar refractivity (Wildman–Crippen MR) is 122 cm³/mol. The summed E-state index contributed by atoms with van der Waals surface area (Å²) in [6.07, 6.45) is 26.8. The molecule has 0 aliphatic heterocycles. The first-order valence-electron chi connectivity index (χ1n) is 13.2. The SMILES string of the molecule is CCCCCCCCCCCC[C@H]1CC[C@H](C2CCC(CC=C(F)F)CC2)CC1. The summed E-state index contributed by atoms with van der Waals surface area (Å²) in [5, 5.41) is 0. The molecule has 0 aromatic carbocycles. The molecule has 0 aromatic heterocycles. The van der Waals surface area contributed by atoms with Crippen LogP contribution in [0.4, 0.5) is 8.78 Å². The van der Waals surface area contributed by atoms with Gasteiger partial charge in [0.1, 0.15) is 0 Å². The summed E-state index contributed by atoms with van der Waals surface area (Å²) in [6.45, 7) is 2.29. The quantitative estimate of drug-likeness (QED) is 0.250. The first-order chi connectivity index (χ1) is 14.2. The molecule has 2 aliphatic rings. The van der Waals surface area contributed by atoms with Crippen molar-refractivity contribution in [2.75, 3.05) is 0 Å². The van der Waals surface area contributed by atoms with Crippen LogP contribution in [-0.4, -0.2) is 0 Å². The Hall–Kier alpha value is -0.400. The van der Waals surface area contributed by atoms with Crippen molar-refractivity contribution in [2.24, 2.45) is 23.7 Å². The van der Waals surface area contributed by atoms with Crippen molar-refractivity contribution in [1.82, 2.24) is 0 Å². The Labute approximate surface area is 180 Å². The van der Waals surface area contributed by atoms with Gasteiger partial charge in [-0.25, -0.2) is 0 Å². The number of hydrogen-bond donors (Lipinski definition) is 0. The smallest absolute Gasteiger partial charge is 0.174 e. The third kappa shape index (κ3) is 11.0. The lowest BCUT2D eigenvalue weighted by Gasteiger charge is -2.37. The fraction of sp³-hybridized carbons (Fsp3) is 0.926. The highest BCUT2D eigenvalue weighted by Crippen LogP contribution is 2.43. The standard InChI is InChI=1S/C27H48F2/c1-2-3-4-5-6-7-8-9-10-11-12-23-13-18-25(19-14-23)26-20-15-24(16-21-26)17-22-27(28)29/h22-26H,2-21H2,1H3/t23-,24?,25-,26?. The zero-order valence-corrected chi connectivity index (χ0v) is 19.3. The third-order valence-corrected chi connectivity index (χ3v) is 8.02. The predicted octanol–water partition coefficient (Wildman–Crippen LogP) is 10.1. The molecule has 2 rings (SSSR count). The monoisotopic (exact) mass is 410 g/mol. The highest BCUT2D eigenvalue weighted by atomic mass is 19.3. The van der Waals surface area contributed by atoms with Gasteiger partial charge in [-0.3, -0.25) is 0 Å². The summed E-state index contributed by atoms with van der Waals surface area (Å²) in [5.41, 5.74) is 0. The van der Waals surface area contributed by atoms with Gasteiger partial charge in [0, 0.05) is 0 Å².